The van der Waals surface area contributed by atoms with E-state index >= 15 is 0 Å². The molecule has 1 N–H and O–H groups in total. The number of benzene rings is 1. The topological polar surface area (TPSA) is 76.5 Å². The van der Waals surface area contributed by atoms with E-state index in [1.165, 1.54) is 23.0 Å². The van der Waals surface area contributed by atoms with E-state index in [9.17, 15) is 9.18 Å². The number of aromatic nitrogens is 5. The summed E-state index contributed by atoms with van der Waals surface area (Å²) in [7, 11) is 0. The molecule has 0 unspecified atom stereocenters. The molecule has 17 heavy (non-hydrogen) atoms. The predicted molar refractivity (Wildman–Crippen MR) is 57.2 cm³/mol. The van der Waals surface area contributed by atoms with Gasteiger partial charge in [-0.25, -0.2) is 14.2 Å². The van der Waals surface area contributed by atoms with Crippen molar-refractivity contribution in [1.82, 2.24) is 25.2 Å². The van der Waals surface area contributed by atoms with E-state index in [1.807, 2.05) is 0 Å². The molecule has 0 atom stereocenters. The van der Waals surface area contributed by atoms with Crippen LogP contribution in [0, 0.1) is 5.82 Å². The lowest BCUT2D eigenvalue weighted by molar-refractivity contribution is 0.627. The molecule has 0 spiro atoms. The number of hydrogen-bond acceptors (Lipinski definition) is 4. The second-order valence-corrected chi connectivity index (χ2v) is 3.41. The lowest BCUT2D eigenvalue weighted by Gasteiger charge is -2.00. The van der Waals surface area contributed by atoms with Gasteiger partial charge in [-0.05, 0) is 24.3 Å². The molecule has 0 fully saturated rings. The maximum Gasteiger partial charge on any atom is 0.278 e. The van der Waals surface area contributed by atoms with Crippen LogP contribution in [0.25, 0.3) is 16.7 Å². The molecule has 6 nitrogen and oxygen atoms in total. The van der Waals surface area contributed by atoms with E-state index < -0.39 is 0 Å². The molecule has 0 saturated heterocycles. The van der Waals surface area contributed by atoms with Gasteiger partial charge < -0.3 is 0 Å². The normalized spacial score (nSPS) is 10.9. The highest BCUT2D eigenvalue weighted by molar-refractivity contribution is 5.74. The van der Waals surface area contributed by atoms with Crippen molar-refractivity contribution in [2.45, 2.75) is 0 Å². The van der Waals surface area contributed by atoms with Crippen LogP contribution in [-0.2, 0) is 0 Å². The lowest BCUT2D eigenvalue weighted by atomic mass is 10.3. The van der Waals surface area contributed by atoms with Crippen molar-refractivity contribution in [1.29, 1.82) is 0 Å². The van der Waals surface area contributed by atoms with E-state index in [0.717, 1.165) is 0 Å². The Bertz CT molecular complexity index is 730. The second kappa shape index (κ2) is 3.48. The Balaban J connectivity index is 2.28. The summed E-state index contributed by atoms with van der Waals surface area (Å²) in [5.74, 6) is -0.339. The van der Waals surface area contributed by atoms with Crippen molar-refractivity contribution in [3.63, 3.8) is 0 Å². The SMILES string of the molecule is O=c1[nH]nnc2c1cnn2-c1ccc(F)cc1. The molecule has 0 saturated carbocycles. The van der Waals surface area contributed by atoms with Crippen molar-refractivity contribution in [3.05, 3.63) is 46.6 Å². The fourth-order valence-electron chi connectivity index (χ4n) is 1.55. The monoisotopic (exact) mass is 231 g/mol. The Kier molecular flexibility index (Phi) is 1.97. The lowest BCUT2D eigenvalue weighted by Crippen LogP contribution is -2.10. The molecule has 0 amide bonds. The molecule has 2 aromatic heterocycles. The zero-order valence-corrected chi connectivity index (χ0v) is 8.46. The van der Waals surface area contributed by atoms with Gasteiger partial charge in [-0.3, -0.25) is 4.79 Å². The van der Waals surface area contributed by atoms with E-state index in [-0.39, 0.29) is 11.4 Å². The van der Waals surface area contributed by atoms with E-state index in [2.05, 4.69) is 20.5 Å². The summed E-state index contributed by atoms with van der Waals surface area (Å²) in [5.41, 5.74) is 0.588. The zero-order chi connectivity index (χ0) is 11.8. The number of nitrogens with one attached hydrogen (secondary N) is 1. The van der Waals surface area contributed by atoms with Gasteiger partial charge in [0.2, 0.25) is 0 Å². The maximum atomic E-state index is 12.8. The molecule has 0 bridgehead atoms. The Morgan fingerprint density at radius 2 is 2.00 bits per heavy atom. The molecule has 0 aliphatic rings. The molecule has 84 valence electrons. The van der Waals surface area contributed by atoms with Gasteiger partial charge in [0.05, 0.1) is 11.9 Å². The van der Waals surface area contributed by atoms with Gasteiger partial charge in [0, 0.05) is 0 Å². The largest absolute Gasteiger partial charge is 0.278 e. The minimum Gasteiger partial charge on any atom is -0.267 e. The highest BCUT2D eigenvalue weighted by Crippen LogP contribution is 2.12. The van der Waals surface area contributed by atoms with Crippen LogP contribution in [-0.4, -0.2) is 25.2 Å². The summed E-state index contributed by atoms with van der Waals surface area (Å²) < 4.78 is 14.2. The molecule has 3 rings (SSSR count). The smallest absolute Gasteiger partial charge is 0.267 e. The fraction of sp³-hybridized carbons (Fsp3) is 0. The quantitative estimate of drug-likeness (QED) is 0.666. The summed E-state index contributed by atoms with van der Waals surface area (Å²) in [6.45, 7) is 0. The molecular formula is C10H6FN5O. The number of hydrogen-bond donors (Lipinski definition) is 1. The zero-order valence-electron chi connectivity index (χ0n) is 8.46. The highest BCUT2D eigenvalue weighted by Gasteiger charge is 2.09. The van der Waals surface area contributed by atoms with E-state index in [4.69, 9.17) is 0 Å². The second-order valence-electron chi connectivity index (χ2n) is 3.41. The van der Waals surface area contributed by atoms with Gasteiger partial charge in [0.15, 0.2) is 5.65 Å². The first-order valence-electron chi connectivity index (χ1n) is 4.81. The molecule has 1 aromatic carbocycles. The Labute approximate surface area is 93.7 Å². The van der Waals surface area contributed by atoms with Crippen LogP contribution in [0.5, 0.6) is 0 Å². The van der Waals surface area contributed by atoms with Crippen molar-refractivity contribution >= 4 is 11.0 Å². The Hall–Kier alpha value is -2.57. The van der Waals surface area contributed by atoms with E-state index in [1.54, 1.807) is 12.1 Å². The number of nitrogens with zero attached hydrogens (tertiary/aromatic N) is 4. The van der Waals surface area contributed by atoms with Crippen molar-refractivity contribution in [3.8, 4) is 5.69 Å². The molecule has 0 aliphatic heterocycles. The molecule has 2 heterocycles. The first-order chi connectivity index (χ1) is 8.25. The van der Waals surface area contributed by atoms with Crippen LogP contribution in [0.3, 0.4) is 0 Å². The van der Waals surface area contributed by atoms with Gasteiger partial charge >= 0.3 is 0 Å². The molecular weight excluding hydrogens is 225 g/mol. The molecule has 7 heteroatoms. The van der Waals surface area contributed by atoms with E-state index in [0.29, 0.717) is 16.7 Å². The summed E-state index contributed by atoms with van der Waals surface area (Å²) in [6, 6.07) is 5.71. The van der Waals surface area contributed by atoms with Gasteiger partial charge in [0.1, 0.15) is 11.2 Å². The van der Waals surface area contributed by atoms with Crippen LogP contribution in [0.4, 0.5) is 4.39 Å². The van der Waals surface area contributed by atoms with Crippen LogP contribution >= 0.6 is 0 Å². The summed E-state index contributed by atoms with van der Waals surface area (Å²) >= 11 is 0. The predicted octanol–water partition coefficient (Wildman–Crippen LogP) is 0.643. The number of halogens is 1. The Morgan fingerprint density at radius 3 is 2.76 bits per heavy atom. The summed E-state index contributed by atoms with van der Waals surface area (Å²) in [6.07, 6.45) is 1.40. The van der Waals surface area contributed by atoms with Crippen LogP contribution in [0.2, 0.25) is 0 Å². The van der Waals surface area contributed by atoms with Gasteiger partial charge in [-0.1, -0.05) is 5.21 Å². The third kappa shape index (κ3) is 1.48. The summed E-state index contributed by atoms with van der Waals surface area (Å²) in [5, 5.41) is 13.9. The number of H-pyrrole nitrogens is 1. The first kappa shape index (κ1) is 9.64. The average Bonchev–Trinajstić information content (AvgIpc) is 2.75. The average molecular weight is 231 g/mol. The first-order valence-corrected chi connectivity index (χ1v) is 4.81. The van der Waals surface area contributed by atoms with Crippen molar-refractivity contribution in [2.24, 2.45) is 0 Å². The molecule has 0 aliphatic carbocycles. The molecule has 0 radical (unpaired) electrons. The third-order valence-electron chi connectivity index (χ3n) is 2.36. The van der Waals surface area contributed by atoms with Gasteiger partial charge in [0.25, 0.3) is 5.56 Å². The third-order valence-corrected chi connectivity index (χ3v) is 2.36. The van der Waals surface area contributed by atoms with Crippen molar-refractivity contribution in [2.75, 3.05) is 0 Å². The van der Waals surface area contributed by atoms with Gasteiger partial charge in [-0.2, -0.15) is 5.10 Å². The minimum atomic E-state index is -0.358. The molecule has 3 aromatic rings. The fourth-order valence-corrected chi connectivity index (χ4v) is 1.55. The maximum absolute atomic E-state index is 12.8. The Morgan fingerprint density at radius 1 is 1.24 bits per heavy atom. The standard InChI is InChI=1S/C10H6FN5O/c11-6-1-3-7(4-2-6)16-9-8(5-12-16)10(17)14-15-13-9/h1-5H,(H,13,14,17). The number of rotatable bonds is 1. The van der Waals surface area contributed by atoms with Gasteiger partial charge in [-0.15, -0.1) is 5.10 Å². The number of aromatic amines is 1. The summed E-state index contributed by atoms with van der Waals surface area (Å²) in [4.78, 5) is 11.4. The minimum absolute atomic E-state index is 0.334. The van der Waals surface area contributed by atoms with Crippen LogP contribution < -0.4 is 5.56 Å². The van der Waals surface area contributed by atoms with Crippen LogP contribution in [0.1, 0.15) is 0 Å². The highest BCUT2D eigenvalue weighted by atomic mass is 19.1. The van der Waals surface area contributed by atoms with Crippen LogP contribution in [0.15, 0.2) is 35.3 Å². The van der Waals surface area contributed by atoms with Crippen molar-refractivity contribution < 1.29 is 4.39 Å². The number of fused-ring (bicyclic) bond motifs is 1.